The van der Waals surface area contributed by atoms with Gasteiger partial charge in [0, 0.05) is 16.5 Å². The molecule has 0 saturated carbocycles. The van der Waals surface area contributed by atoms with Gasteiger partial charge in [-0.3, -0.25) is 9.59 Å². The number of benzene rings is 2. The molecule has 2 aromatic rings. The number of rotatable bonds is 5. The van der Waals surface area contributed by atoms with Crippen LogP contribution in [0.2, 0.25) is 5.28 Å². The molecule has 0 unspecified atom stereocenters. The van der Waals surface area contributed by atoms with Crippen molar-refractivity contribution in [3.8, 4) is 12.3 Å². The number of aryl methyl sites for hydroxylation is 2. The van der Waals surface area contributed by atoms with Gasteiger partial charge in [0.15, 0.2) is 5.78 Å². The normalized spacial score (nSPS) is 18.3. The van der Waals surface area contributed by atoms with Crippen LogP contribution in [0.15, 0.2) is 95.1 Å². The molecule has 2 aromatic carbocycles. The number of hydrogen-bond acceptors (Lipinski definition) is 2. The fraction of sp³-hybridized carbons (Fsp3) is 0.400. The lowest BCUT2D eigenvalue weighted by Crippen LogP contribution is -2.44. The van der Waals surface area contributed by atoms with Gasteiger partial charge < -0.3 is 0 Å². The SMILES string of the molecule is C#CC(=O)c1ccc(C)cc1.C=C(C)C(=C)C.CC1=C(C)CC2(C(=O)c3ccc(C)cc3)CC(C)=C(C)CC2C1.C[CH2][Al]([Cl])[Cl]. The van der Waals surface area contributed by atoms with Crippen LogP contribution >= 0.6 is 20.1 Å². The van der Waals surface area contributed by atoms with Gasteiger partial charge in [-0.1, -0.05) is 118 Å². The molecule has 0 amide bonds. The molecular formula is C40H51AlCl2O2. The van der Waals surface area contributed by atoms with Gasteiger partial charge in [0.25, 0.3) is 0 Å². The van der Waals surface area contributed by atoms with Crippen LogP contribution in [0.4, 0.5) is 0 Å². The first-order valence-electron chi connectivity index (χ1n) is 15.6. The van der Waals surface area contributed by atoms with Crippen LogP contribution in [-0.2, 0) is 0 Å². The molecule has 2 aliphatic rings. The molecule has 240 valence electrons. The average molecular weight is 662 g/mol. The summed E-state index contributed by atoms with van der Waals surface area (Å²) in [4.78, 5) is 24.4. The summed E-state index contributed by atoms with van der Waals surface area (Å²) in [7, 11) is 10.7. The van der Waals surface area contributed by atoms with Gasteiger partial charge in [-0.2, -0.15) is 0 Å². The van der Waals surface area contributed by atoms with Crippen molar-refractivity contribution in [1.29, 1.82) is 0 Å². The van der Waals surface area contributed by atoms with Gasteiger partial charge in [0.1, 0.15) is 0 Å². The maximum Gasteiger partial charge on any atom is 0.519 e. The fourth-order valence-electron chi connectivity index (χ4n) is 5.28. The third kappa shape index (κ3) is 12.6. The van der Waals surface area contributed by atoms with E-state index >= 15 is 0 Å². The Kier molecular flexibility index (Phi) is 17.2. The predicted molar refractivity (Wildman–Crippen MR) is 199 cm³/mol. The number of ketones is 2. The fourth-order valence-corrected chi connectivity index (χ4v) is 5.28. The van der Waals surface area contributed by atoms with E-state index in [1.54, 1.807) is 12.1 Å². The summed E-state index contributed by atoms with van der Waals surface area (Å²) in [6, 6.07) is 15.4. The average Bonchev–Trinajstić information content (AvgIpc) is 3.00. The van der Waals surface area contributed by atoms with Crippen LogP contribution in [0.3, 0.4) is 0 Å². The number of Topliss-reactive ketones (excluding diaryl/α,β-unsaturated/α-hetero) is 2. The maximum atomic E-state index is 13.5. The van der Waals surface area contributed by atoms with Crippen LogP contribution in [0, 0.1) is 37.5 Å². The molecule has 5 heteroatoms. The molecule has 4 rings (SSSR count). The highest BCUT2D eigenvalue weighted by Crippen LogP contribution is 2.54. The molecule has 0 N–H and O–H groups in total. The lowest BCUT2D eigenvalue weighted by molar-refractivity contribution is 0.0605. The summed E-state index contributed by atoms with van der Waals surface area (Å²) in [5, 5.41) is 0.975. The topological polar surface area (TPSA) is 34.1 Å². The van der Waals surface area contributed by atoms with Gasteiger partial charge in [0.05, 0.1) is 0 Å². The van der Waals surface area contributed by atoms with Gasteiger partial charge in [-0.25, -0.2) is 20.1 Å². The van der Waals surface area contributed by atoms with Gasteiger partial charge in [0.2, 0.25) is 5.78 Å². The van der Waals surface area contributed by atoms with Crippen molar-refractivity contribution in [2.24, 2.45) is 11.3 Å². The first-order chi connectivity index (χ1) is 21.0. The third-order valence-electron chi connectivity index (χ3n) is 8.75. The summed E-state index contributed by atoms with van der Waals surface area (Å²) in [6.07, 6.45) is 8.96. The highest BCUT2D eigenvalue weighted by Gasteiger charge is 2.49. The summed E-state index contributed by atoms with van der Waals surface area (Å²) in [5.41, 5.74) is 11.6. The molecule has 45 heavy (non-hydrogen) atoms. The van der Waals surface area contributed by atoms with E-state index < -0.39 is 12.3 Å². The van der Waals surface area contributed by atoms with E-state index in [0.717, 1.165) is 53.2 Å². The zero-order chi connectivity index (χ0) is 34.5. The van der Waals surface area contributed by atoms with E-state index in [0.29, 0.717) is 17.3 Å². The monoisotopic (exact) mass is 660 g/mol. The van der Waals surface area contributed by atoms with Crippen LogP contribution < -0.4 is 0 Å². The van der Waals surface area contributed by atoms with Crippen molar-refractivity contribution in [3.63, 3.8) is 0 Å². The number of carbonyl (C=O) groups is 2. The minimum atomic E-state index is -1.21. The number of fused-ring (bicyclic) bond motifs is 1. The minimum Gasteiger partial charge on any atom is -0.294 e. The Morgan fingerprint density at radius 3 is 1.44 bits per heavy atom. The Labute approximate surface area is 286 Å². The molecule has 0 aliphatic heterocycles. The Bertz CT molecular complexity index is 1410. The Morgan fingerprint density at radius 2 is 1.13 bits per heavy atom. The summed E-state index contributed by atoms with van der Waals surface area (Å²) in [5.74, 6) is 2.63. The predicted octanol–water partition coefficient (Wildman–Crippen LogP) is 12.0. The highest BCUT2D eigenvalue weighted by atomic mass is 35.7. The van der Waals surface area contributed by atoms with Gasteiger partial charge in [-0.05, 0) is 92.9 Å². The van der Waals surface area contributed by atoms with E-state index in [1.165, 1.54) is 27.9 Å². The van der Waals surface area contributed by atoms with Crippen molar-refractivity contribution in [3.05, 3.63) is 117 Å². The lowest BCUT2D eigenvalue weighted by atomic mass is 9.55. The highest BCUT2D eigenvalue weighted by molar-refractivity contribution is 7.33. The standard InChI is InChI=1S/C22H28O.C10H8O.C6H10.C2H5.Al.2ClH/c1-14-6-8-19(9-7-14)21(23)22-12-17(4)15(2)10-20(22)11-16(3)18(5)13-22;1-3-10(11)9-6-4-8(2)5-7-9;1-5(2)6(3)4;1-2;;;/h6-9,20H,10-13H2,1-5H3;1,4-7H,2H3;1,3H2,2,4H3;1H2,2H3;;2*1H/q;;;;+2;;/p-2. The molecule has 0 spiro atoms. The van der Waals surface area contributed by atoms with Gasteiger partial charge >= 0.3 is 12.3 Å². The summed E-state index contributed by atoms with van der Waals surface area (Å²) >= 11 is -1.21. The van der Waals surface area contributed by atoms with Crippen molar-refractivity contribution < 1.29 is 9.59 Å². The lowest BCUT2D eigenvalue weighted by Gasteiger charge is -2.47. The largest absolute Gasteiger partial charge is 0.519 e. The zero-order valence-electron chi connectivity index (χ0n) is 28.9. The van der Waals surface area contributed by atoms with Crippen molar-refractivity contribution >= 4 is 44.0 Å². The molecule has 0 heterocycles. The number of allylic oxidation sites excluding steroid dienone is 6. The Hall–Kier alpha value is -2.59. The molecule has 0 bridgehead atoms. The molecule has 0 aromatic heterocycles. The Morgan fingerprint density at radius 1 is 0.778 bits per heavy atom. The van der Waals surface area contributed by atoms with Gasteiger partial charge in [-0.15, -0.1) is 6.42 Å². The number of terminal acetylenes is 1. The zero-order valence-corrected chi connectivity index (χ0v) is 31.5. The molecule has 2 nitrogen and oxygen atoms in total. The molecule has 0 atom stereocenters. The number of halogens is 2. The molecule has 0 fully saturated rings. The van der Waals surface area contributed by atoms with Crippen molar-refractivity contribution in [2.45, 2.75) is 93.3 Å². The first kappa shape index (κ1) is 40.4. The second kappa shape index (κ2) is 19.2. The summed E-state index contributed by atoms with van der Waals surface area (Å²) < 4.78 is 0. The molecule has 2 aliphatic carbocycles. The van der Waals surface area contributed by atoms with Crippen molar-refractivity contribution in [1.82, 2.24) is 0 Å². The van der Waals surface area contributed by atoms with Crippen LogP contribution in [0.5, 0.6) is 0 Å². The Balaban J connectivity index is 0.000000380. The van der Waals surface area contributed by atoms with Crippen LogP contribution in [-0.4, -0.2) is 23.9 Å². The summed E-state index contributed by atoms with van der Waals surface area (Å²) in [6.45, 7) is 26.2. The molecular weight excluding hydrogens is 610 g/mol. The minimum absolute atomic E-state index is 0.220. The molecule has 0 saturated heterocycles. The van der Waals surface area contributed by atoms with E-state index in [4.69, 9.17) is 26.5 Å². The number of carbonyl (C=O) groups excluding carboxylic acids is 2. The first-order valence-corrected chi connectivity index (χ1v) is 19.9. The van der Waals surface area contributed by atoms with Crippen LogP contribution in [0.1, 0.15) is 106 Å². The van der Waals surface area contributed by atoms with Crippen LogP contribution in [0.25, 0.3) is 0 Å². The second-order valence-corrected chi connectivity index (χ2v) is 18.1. The third-order valence-corrected chi connectivity index (χ3v) is 11.2. The molecule has 0 radical (unpaired) electrons. The second-order valence-electron chi connectivity index (χ2n) is 12.6. The van der Waals surface area contributed by atoms with Crippen molar-refractivity contribution in [2.75, 3.05) is 0 Å². The smallest absolute Gasteiger partial charge is 0.294 e. The maximum absolute atomic E-state index is 13.5. The van der Waals surface area contributed by atoms with E-state index in [9.17, 15) is 9.59 Å². The van der Waals surface area contributed by atoms with E-state index in [1.807, 2.05) is 52.0 Å². The quantitative estimate of drug-likeness (QED) is 0.0798. The van der Waals surface area contributed by atoms with E-state index in [2.05, 4.69) is 65.8 Å². The number of hydrogen-bond donors (Lipinski definition) is 0. The van der Waals surface area contributed by atoms with E-state index in [-0.39, 0.29) is 11.2 Å².